The van der Waals surface area contributed by atoms with Gasteiger partial charge in [0.1, 0.15) is 0 Å². The predicted octanol–water partition coefficient (Wildman–Crippen LogP) is 1.55. The van der Waals surface area contributed by atoms with Gasteiger partial charge in [0, 0.05) is 35.3 Å². The molecule has 1 aromatic carbocycles. The van der Waals surface area contributed by atoms with Gasteiger partial charge in [-0.15, -0.1) is 0 Å². The lowest BCUT2D eigenvalue weighted by atomic mass is 10.3. The summed E-state index contributed by atoms with van der Waals surface area (Å²) in [5.41, 5.74) is 6.18. The van der Waals surface area contributed by atoms with Gasteiger partial charge in [-0.1, -0.05) is 0 Å². The number of rotatable bonds is 4. The molecule has 110 valence electrons. The summed E-state index contributed by atoms with van der Waals surface area (Å²) >= 11 is 3.27. The Morgan fingerprint density at radius 2 is 2.05 bits per heavy atom. The van der Waals surface area contributed by atoms with Gasteiger partial charge < -0.3 is 5.73 Å². The van der Waals surface area contributed by atoms with Gasteiger partial charge in [0.05, 0.1) is 4.90 Å². The summed E-state index contributed by atoms with van der Waals surface area (Å²) < 4.78 is 28.2. The Labute approximate surface area is 127 Å². The van der Waals surface area contributed by atoms with Crippen LogP contribution in [0.5, 0.6) is 0 Å². The summed E-state index contributed by atoms with van der Waals surface area (Å²) in [7, 11) is -3.49. The molecule has 1 aliphatic carbocycles. The van der Waals surface area contributed by atoms with E-state index in [9.17, 15) is 8.42 Å². The monoisotopic (exact) mass is 359 g/mol. The van der Waals surface area contributed by atoms with Crippen LogP contribution in [-0.4, -0.2) is 38.5 Å². The van der Waals surface area contributed by atoms with Crippen LogP contribution >= 0.6 is 15.9 Å². The quantitative estimate of drug-likeness (QED) is 0.799. The maximum atomic E-state index is 12.3. The van der Waals surface area contributed by atoms with E-state index in [1.165, 1.54) is 18.9 Å². The molecule has 3 rings (SSSR count). The average Bonchev–Trinajstić information content (AvgIpc) is 3.14. The molecule has 2 aliphatic rings. The molecular formula is C13H18BrN3O2S. The maximum absolute atomic E-state index is 12.3. The number of likely N-dealkylation sites (tertiary alicyclic amines) is 1. The third kappa shape index (κ3) is 3.00. The summed E-state index contributed by atoms with van der Waals surface area (Å²) in [6, 6.07) is 5.41. The highest BCUT2D eigenvalue weighted by Gasteiger charge is 2.35. The van der Waals surface area contributed by atoms with E-state index in [0.29, 0.717) is 16.2 Å². The Hall–Kier alpha value is -0.630. The molecule has 0 amide bonds. The van der Waals surface area contributed by atoms with Crippen LogP contribution in [0.4, 0.5) is 5.69 Å². The van der Waals surface area contributed by atoms with Gasteiger partial charge in [0.25, 0.3) is 0 Å². The third-order valence-corrected chi connectivity index (χ3v) is 6.12. The number of nitrogens with one attached hydrogen (secondary N) is 1. The molecule has 20 heavy (non-hydrogen) atoms. The fourth-order valence-corrected chi connectivity index (χ4v) is 4.17. The van der Waals surface area contributed by atoms with Crippen molar-refractivity contribution >= 4 is 31.6 Å². The number of nitrogens with zero attached hydrogens (tertiary/aromatic N) is 1. The minimum Gasteiger partial charge on any atom is -0.398 e. The summed E-state index contributed by atoms with van der Waals surface area (Å²) in [5.74, 6) is 0. The number of nitrogen functional groups attached to an aromatic ring is 1. The molecule has 5 nitrogen and oxygen atoms in total. The van der Waals surface area contributed by atoms with Crippen LogP contribution in [0.3, 0.4) is 0 Å². The Kier molecular flexibility index (Phi) is 3.79. The molecule has 1 saturated carbocycles. The van der Waals surface area contributed by atoms with Crippen molar-refractivity contribution in [2.75, 3.05) is 18.8 Å². The number of nitrogens with two attached hydrogens (primary N) is 1. The largest absolute Gasteiger partial charge is 0.398 e. The van der Waals surface area contributed by atoms with Gasteiger partial charge in [-0.3, -0.25) is 4.90 Å². The van der Waals surface area contributed by atoms with Crippen molar-refractivity contribution in [1.29, 1.82) is 0 Å². The minimum absolute atomic E-state index is 0.00507. The van der Waals surface area contributed by atoms with E-state index in [2.05, 4.69) is 25.6 Å². The topological polar surface area (TPSA) is 75.4 Å². The molecule has 0 bridgehead atoms. The van der Waals surface area contributed by atoms with Crippen LogP contribution in [-0.2, 0) is 10.0 Å². The van der Waals surface area contributed by atoms with Gasteiger partial charge in [0.2, 0.25) is 10.0 Å². The van der Waals surface area contributed by atoms with Crippen molar-refractivity contribution in [1.82, 2.24) is 9.62 Å². The standard InChI is InChI=1S/C13H18BrN3O2S/c14-12-4-3-11(7-13(12)15)20(18,19)16-9-5-6-17(8-9)10-1-2-10/h3-4,7,9-10,16H,1-2,5-6,8,15H2. The van der Waals surface area contributed by atoms with Crippen LogP contribution in [0.1, 0.15) is 19.3 Å². The number of halogens is 1. The fourth-order valence-electron chi connectivity index (χ4n) is 2.63. The van der Waals surface area contributed by atoms with Crippen molar-refractivity contribution in [3.8, 4) is 0 Å². The van der Waals surface area contributed by atoms with E-state index in [-0.39, 0.29) is 10.9 Å². The molecular weight excluding hydrogens is 342 g/mol. The number of sulfonamides is 1. The highest BCUT2D eigenvalue weighted by Crippen LogP contribution is 2.30. The molecule has 7 heteroatoms. The van der Waals surface area contributed by atoms with Gasteiger partial charge >= 0.3 is 0 Å². The SMILES string of the molecule is Nc1cc(S(=O)(=O)NC2CCN(C3CC3)C2)ccc1Br. The molecule has 2 fully saturated rings. The second kappa shape index (κ2) is 5.29. The summed E-state index contributed by atoms with van der Waals surface area (Å²) in [4.78, 5) is 2.60. The fraction of sp³-hybridized carbons (Fsp3) is 0.538. The van der Waals surface area contributed by atoms with Crippen molar-refractivity contribution in [2.45, 2.75) is 36.2 Å². The first-order valence-corrected chi connectivity index (χ1v) is 9.05. The zero-order valence-corrected chi connectivity index (χ0v) is 13.5. The molecule has 0 radical (unpaired) electrons. The Balaban J connectivity index is 1.70. The zero-order valence-electron chi connectivity index (χ0n) is 11.0. The predicted molar refractivity (Wildman–Crippen MR) is 81.9 cm³/mol. The first kappa shape index (κ1) is 14.3. The second-order valence-electron chi connectivity index (χ2n) is 5.52. The zero-order chi connectivity index (χ0) is 14.3. The highest BCUT2D eigenvalue weighted by molar-refractivity contribution is 9.10. The van der Waals surface area contributed by atoms with Crippen molar-refractivity contribution in [3.05, 3.63) is 22.7 Å². The number of hydrogen-bond acceptors (Lipinski definition) is 4. The lowest BCUT2D eigenvalue weighted by Gasteiger charge is -2.16. The number of hydrogen-bond donors (Lipinski definition) is 2. The third-order valence-electron chi connectivity index (χ3n) is 3.88. The smallest absolute Gasteiger partial charge is 0.240 e. The Bertz CT molecular complexity index is 616. The summed E-state index contributed by atoms with van der Waals surface area (Å²) in [6.45, 7) is 1.80. The molecule has 0 aromatic heterocycles. The van der Waals surface area contributed by atoms with E-state index >= 15 is 0 Å². The molecule has 1 aromatic rings. The van der Waals surface area contributed by atoms with E-state index in [1.54, 1.807) is 12.1 Å². The van der Waals surface area contributed by atoms with Crippen molar-refractivity contribution in [3.63, 3.8) is 0 Å². The lowest BCUT2D eigenvalue weighted by molar-refractivity contribution is 0.322. The van der Waals surface area contributed by atoms with Crippen LogP contribution in [0, 0.1) is 0 Å². The average molecular weight is 360 g/mol. The minimum atomic E-state index is -3.49. The number of benzene rings is 1. The number of anilines is 1. The molecule has 0 spiro atoms. The van der Waals surface area contributed by atoms with Gasteiger partial charge in [-0.2, -0.15) is 0 Å². The maximum Gasteiger partial charge on any atom is 0.240 e. The first-order chi connectivity index (χ1) is 9.45. The van der Waals surface area contributed by atoms with Crippen LogP contribution < -0.4 is 10.5 Å². The molecule has 1 atom stereocenters. The summed E-state index contributed by atoms with van der Waals surface area (Å²) in [5, 5.41) is 0. The highest BCUT2D eigenvalue weighted by atomic mass is 79.9. The first-order valence-electron chi connectivity index (χ1n) is 6.77. The van der Waals surface area contributed by atoms with Gasteiger partial charge in [-0.25, -0.2) is 13.1 Å². The van der Waals surface area contributed by atoms with Crippen LogP contribution in [0.2, 0.25) is 0 Å². The Morgan fingerprint density at radius 3 is 2.70 bits per heavy atom. The van der Waals surface area contributed by atoms with Crippen molar-refractivity contribution in [2.24, 2.45) is 0 Å². The van der Waals surface area contributed by atoms with E-state index in [0.717, 1.165) is 19.5 Å². The molecule has 1 aliphatic heterocycles. The molecule has 1 heterocycles. The van der Waals surface area contributed by atoms with Crippen LogP contribution in [0.25, 0.3) is 0 Å². The second-order valence-corrected chi connectivity index (χ2v) is 8.08. The van der Waals surface area contributed by atoms with Gasteiger partial charge in [0.15, 0.2) is 0 Å². The normalized spacial score (nSPS) is 24.1. The van der Waals surface area contributed by atoms with E-state index < -0.39 is 10.0 Å². The summed E-state index contributed by atoms with van der Waals surface area (Å²) in [6.07, 6.45) is 3.38. The molecule has 1 saturated heterocycles. The van der Waals surface area contributed by atoms with E-state index in [4.69, 9.17) is 5.73 Å². The van der Waals surface area contributed by atoms with Gasteiger partial charge in [-0.05, 0) is 53.4 Å². The van der Waals surface area contributed by atoms with Crippen molar-refractivity contribution < 1.29 is 8.42 Å². The van der Waals surface area contributed by atoms with Crippen LogP contribution in [0.15, 0.2) is 27.6 Å². The molecule has 1 unspecified atom stereocenters. The van der Waals surface area contributed by atoms with E-state index in [1.807, 2.05) is 0 Å². The molecule has 3 N–H and O–H groups in total. The Morgan fingerprint density at radius 1 is 1.30 bits per heavy atom. The lowest BCUT2D eigenvalue weighted by Crippen LogP contribution is -2.37.